The maximum atomic E-state index is 13.2. The Hall–Kier alpha value is -2.81. The normalized spacial score (nSPS) is 19.3. The third kappa shape index (κ3) is 4.36. The van der Waals surface area contributed by atoms with Crippen molar-refractivity contribution in [2.45, 2.75) is 31.7 Å². The third-order valence-electron chi connectivity index (χ3n) is 4.54. The second kappa shape index (κ2) is 8.05. The molecule has 6 nitrogen and oxygen atoms in total. The van der Waals surface area contributed by atoms with E-state index in [0.717, 1.165) is 11.6 Å². The maximum Gasteiger partial charge on any atom is 0.420 e. The van der Waals surface area contributed by atoms with E-state index in [2.05, 4.69) is 15.6 Å². The number of hydrogen-bond donors (Lipinski definition) is 2. The number of urea groups is 1. The van der Waals surface area contributed by atoms with Crippen LogP contribution in [0.4, 0.5) is 23.7 Å². The van der Waals surface area contributed by atoms with Crippen LogP contribution in [-0.4, -0.2) is 30.8 Å². The van der Waals surface area contributed by atoms with E-state index < -0.39 is 17.8 Å². The Labute approximate surface area is 160 Å². The lowest BCUT2D eigenvalue weighted by Crippen LogP contribution is -2.39. The number of ether oxygens (including phenoxy) is 2. The molecule has 1 aliphatic heterocycles. The van der Waals surface area contributed by atoms with Gasteiger partial charge in [-0.1, -0.05) is 0 Å². The average Bonchev–Trinajstić information content (AvgIpc) is 3.10. The zero-order valence-corrected chi connectivity index (χ0v) is 15.3. The van der Waals surface area contributed by atoms with Gasteiger partial charge in [-0.3, -0.25) is 4.98 Å². The first-order chi connectivity index (χ1) is 13.3. The number of benzene rings is 1. The molecule has 0 aliphatic carbocycles. The fourth-order valence-electron chi connectivity index (χ4n) is 3.15. The van der Waals surface area contributed by atoms with Crippen LogP contribution in [0.5, 0.6) is 5.75 Å². The lowest BCUT2D eigenvalue weighted by atomic mass is 10.0. The van der Waals surface area contributed by atoms with Crippen molar-refractivity contribution in [1.82, 2.24) is 10.3 Å². The van der Waals surface area contributed by atoms with Gasteiger partial charge in [0.05, 0.1) is 18.7 Å². The smallest absolute Gasteiger partial charge is 0.420 e. The number of nitrogens with zero attached hydrogens (tertiary/aromatic N) is 1. The molecule has 2 atom stereocenters. The number of carbonyl (C=O) groups excluding carboxylic acids is 1. The van der Waals surface area contributed by atoms with E-state index in [1.165, 1.54) is 13.2 Å². The van der Waals surface area contributed by atoms with Crippen molar-refractivity contribution < 1.29 is 27.4 Å². The van der Waals surface area contributed by atoms with Gasteiger partial charge in [0.25, 0.3) is 0 Å². The summed E-state index contributed by atoms with van der Waals surface area (Å²) in [6.07, 6.45) is -1.08. The highest BCUT2D eigenvalue weighted by Gasteiger charge is 2.35. The molecule has 2 heterocycles. The lowest BCUT2D eigenvalue weighted by molar-refractivity contribution is -0.138. The first kappa shape index (κ1) is 19.9. The van der Waals surface area contributed by atoms with Gasteiger partial charge in [-0.2, -0.15) is 13.2 Å². The summed E-state index contributed by atoms with van der Waals surface area (Å²) in [5, 5.41) is 5.28. The van der Waals surface area contributed by atoms with E-state index in [9.17, 15) is 18.0 Å². The van der Waals surface area contributed by atoms with Crippen LogP contribution in [0.3, 0.4) is 0 Å². The minimum Gasteiger partial charge on any atom is -0.496 e. The van der Waals surface area contributed by atoms with Crippen LogP contribution < -0.4 is 15.4 Å². The van der Waals surface area contributed by atoms with Crippen molar-refractivity contribution >= 4 is 11.7 Å². The van der Waals surface area contributed by atoms with Crippen molar-refractivity contribution in [3.8, 4) is 5.75 Å². The van der Waals surface area contributed by atoms with Crippen LogP contribution in [0, 0.1) is 6.92 Å². The molecule has 28 heavy (non-hydrogen) atoms. The highest BCUT2D eigenvalue weighted by molar-refractivity contribution is 5.90. The van der Waals surface area contributed by atoms with Crippen molar-refractivity contribution in [1.29, 1.82) is 0 Å². The van der Waals surface area contributed by atoms with Gasteiger partial charge in [-0.05, 0) is 48.7 Å². The maximum absolute atomic E-state index is 13.2. The van der Waals surface area contributed by atoms with Gasteiger partial charge in [0.15, 0.2) is 0 Å². The number of aryl methyl sites for hydroxylation is 1. The molecule has 1 fully saturated rings. The second-order valence-electron chi connectivity index (χ2n) is 6.43. The number of amides is 2. The average molecular weight is 395 g/mol. The third-order valence-corrected chi connectivity index (χ3v) is 4.54. The number of rotatable bonds is 4. The Morgan fingerprint density at radius 2 is 2.00 bits per heavy atom. The first-order valence-electron chi connectivity index (χ1n) is 8.64. The predicted octanol–water partition coefficient (Wildman–Crippen LogP) is 4.07. The van der Waals surface area contributed by atoms with Crippen LogP contribution in [0.25, 0.3) is 0 Å². The van der Waals surface area contributed by atoms with Gasteiger partial charge in [-0.25, -0.2) is 4.79 Å². The zero-order valence-electron chi connectivity index (χ0n) is 15.3. The number of methoxy groups -OCH3 is 1. The summed E-state index contributed by atoms with van der Waals surface area (Å²) < 4.78 is 50.2. The Morgan fingerprint density at radius 1 is 1.29 bits per heavy atom. The molecular weight excluding hydrogens is 375 g/mol. The molecule has 1 aromatic carbocycles. The molecule has 0 unspecified atom stereocenters. The number of hydrogen-bond acceptors (Lipinski definition) is 4. The number of pyridine rings is 1. The number of alkyl halides is 3. The van der Waals surface area contributed by atoms with Crippen LogP contribution in [-0.2, 0) is 10.9 Å². The summed E-state index contributed by atoms with van der Waals surface area (Å²) in [4.78, 5) is 16.4. The molecule has 2 aromatic rings. The fraction of sp³-hybridized carbons (Fsp3) is 0.368. The number of halogens is 3. The molecule has 1 aliphatic rings. The molecule has 0 spiro atoms. The molecule has 1 saturated heterocycles. The quantitative estimate of drug-likeness (QED) is 0.819. The van der Waals surface area contributed by atoms with E-state index in [4.69, 9.17) is 9.47 Å². The summed E-state index contributed by atoms with van der Waals surface area (Å²) in [5.74, 6) is -0.294. The molecular formula is C19H20F3N3O3. The van der Waals surface area contributed by atoms with Gasteiger partial charge < -0.3 is 20.1 Å². The predicted molar refractivity (Wildman–Crippen MR) is 96.2 cm³/mol. The van der Waals surface area contributed by atoms with Crippen LogP contribution >= 0.6 is 0 Å². The molecule has 150 valence electrons. The molecule has 2 N–H and O–H groups in total. The van der Waals surface area contributed by atoms with Gasteiger partial charge in [0.2, 0.25) is 0 Å². The fourth-order valence-corrected chi connectivity index (χ4v) is 3.15. The summed E-state index contributed by atoms with van der Waals surface area (Å²) >= 11 is 0. The minimum atomic E-state index is -4.60. The van der Waals surface area contributed by atoms with Crippen molar-refractivity contribution in [2.24, 2.45) is 0 Å². The minimum absolute atomic E-state index is 0.0602. The SMILES string of the molecule is COc1cc(C)c(NC(=O)N[C@@H]2CCO[C@H]2c2ccncc2)cc1C(F)(F)F. The lowest BCUT2D eigenvalue weighted by Gasteiger charge is -2.21. The van der Waals surface area contributed by atoms with E-state index in [-0.39, 0.29) is 23.6 Å². The standard InChI is InChI=1S/C19H20F3N3O3/c1-11-9-16(27-2)13(19(20,21)22)10-15(11)25-18(26)24-14-5-8-28-17(14)12-3-6-23-7-4-12/h3-4,6-7,9-10,14,17H,5,8H2,1-2H3,(H2,24,25,26)/t14-,17+/m1/s1. The van der Waals surface area contributed by atoms with Crippen LogP contribution in [0.1, 0.15) is 29.2 Å². The van der Waals surface area contributed by atoms with E-state index in [1.54, 1.807) is 31.5 Å². The number of aromatic nitrogens is 1. The van der Waals surface area contributed by atoms with Crippen molar-refractivity contribution in [3.63, 3.8) is 0 Å². The summed E-state index contributed by atoms with van der Waals surface area (Å²) in [6.45, 7) is 2.06. The summed E-state index contributed by atoms with van der Waals surface area (Å²) in [7, 11) is 1.17. The number of anilines is 1. The monoisotopic (exact) mass is 395 g/mol. The van der Waals surface area contributed by atoms with E-state index in [1.807, 2.05) is 0 Å². The van der Waals surface area contributed by atoms with Gasteiger partial charge in [-0.15, -0.1) is 0 Å². The molecule has 0 bridgehead atoms. The first-order valence-corrected chi connectivity index (χ1v) is 8.64. The van der Waals surface area contributed by atoms with E-state index >= 15 is 0 Å². The second-order valence-corrected chi connectivity index (χ2v) is 6.43. The van der Waals surface area contributed by atoms with Crippen molar-refractivity contribution in [3.05, 3.63) is 53.3 Å². The van der Waals surface area contributed by atoms with E-state index in [0.29, 0.717) is 18.6 Å². The number of nitrogens with one attached hydrogen (secondary N) is 2. The number of carbonyl (C=O) groups is 1. The molecule has 3 rings (SSSR count). The molecule has 0 radical (unpaired) electrons. The molecule has 2 amide bonds. The topological polar surface area (TPSA) is 72.5 Å². The molecule has 0 saturated carbocycles. The highest BCUT2D eigenvalue weighted by atomic mass is 19.4. The Balaban J connectivity index is 1.74. The molecule has 1 aromatic heterocycles. The van der Waals surface area contributed by atoms with Gasteiger partial charge in [0.1, 0.15) is 11.9 Å². The van der Waals surface area contributed by atoms with Crippen LogP contribution in [0.2, 0.25) is 0 Å². The largest absolute Gasteiger partial charge is 0.496 e. The molecule has 9 heteroatoms. The zero-order chi connectivity index (χ0) is 20.3. The Morgan fingerprint density at radius 3 is 2.64 bits per heavy atom. The summed E-state index contributed by atoms with van der Waals surface area (Å²) in [5.41, 5.74) is 0.436. The van der Waals surface area contributed by atoms with Gasteiger partial charge >= 0.3 is 12.2 Å². The van der Waals surface area contributed by atoms with Crippen molar-refractivity contribution in [2.75, 3.05) is 19.0 Å². The van der Waals surface area contributed by atoms with Gasteiger partial charge in [0, 0.05) is 24.7 Å². The van der Waals surface area contributed by atoms with Crippen LogP contribution in [0.15, 0.2) is 36.7 Å². The highest BCUT2D eigenvalue weighted by Crippen LogP contribution is 2.39. The Bertz CT molecular complexity index is 844. The Kier molecular flexibility index (Phi) is 5.73. The summed E-state index contributed by atoms with van der Waals surface area (Å²) in [6, 6.07) is 4.81.